The highest BCUT2D eigenvalue weighted by molar-refractivity contribution is 7.07. The zero-order chi connectivity index (χ0) is 26.7. The van der Waals surface area contributed by atoms with Gasteiger partial charge in [-0.25, -0.2) is 9.79 Å². The van der Waals surface area contributed by atoms with E-state index in [4.69, 9.17) is 21.1 Å². The minimum Gasteiger partial charge on any atom is -0.493 e. The molecule has 0 bridgehead atoms. The van der Waals surface area contributed by atoms with Gasteiger partial charge in [-0.2, -0.15) is 0 Å². The fraction of sp³-hybridized carbons (Fsp3) is 0.345. The molecule has 2 aromatic carbocycles. The van der Waals surface area contributed by atoms with Crippen molar-refractivity contribution in [1.29, 1.82) is 0 Å². The van der Waals surface area contributed by atoms with Gasteiger partial charge in [0.05, 0.1) is 35.1 Å². The van der Waals surface area contributed by atoms with Gasteiger partial charge < -0.3 is 9.47 Å². The van der Waals surface area contributed by atoms with Crippen LogP contribution in [0.3, 0.4) is 0 Å². The van der Waals surface area contributed by atoms with Crippen LogP contribution in [0.5, 0.6) is 5.75 Å². The first-order valence-electron chi connectivity index (χ1n) is 12.5. The van der Waals surface area contributed by atoms with Crippen LogP contribution in [0, 0.1) is 0 Å². The molecule has 0 fully saturated rings. The zero-order valence-electron chi connectivity index (χ0n) is 21.7. The molecule has 0 N–H and O–H groups in total. The number of aromatic nitrogens is 1. The Hall–Kier alpha value is -3.16. The van der Waals surface area contributed by atoms with Gasteiger partial charge in [0.15, 0.2) is 4.80 Å². The molecule has 0 saturated heterocycles. The Morgan fingerprint density at radius 2 is 1.92 bits per heavy atom. The molecule has 1 aliphatic heterocycles. The van der Waals surface area contributed by atoms with E-state index in [0.717, 1.165) is 12.0 Å². The van der Waals surface area contributed by atoms with Crippen LogP contribution < -0.4 is 19.6 Å². The van der Waals surface area contributed by atoms with Crippen LogP contribution in [-0.4, -0.2) is 23.8 Å². The van der Waals surface area contributed by atoms with Gasteiger partial charge in [0, 0.05) is 10.6 Å². The van der Waals surface area contributed by atoms with Gasteiger partial charge >= 0.3 is 5.97 Å². The van der Waals surface area contributed by atoms with Crippen molar-refractivity contribution in [2.45, 2.75) is 53.0 Å². The summed E-state index contributed by atoms with van der Waals surface area (Å²) in [7, 11) is 0. The fourth-order valence-corrected chi connectivity index (χ4v) is 5.50. The molecule has 1 aromatic heterocycles. The van der Waals surface area contributed by atoms with E-state index in [1.54, 1.807) is 36.6 Å². The summed E-state index contributed by atoms with van der Waals surface area (Å²) in [6, 6.07) is 12.7. The molecule has 6 nitrogen and oxygen atoms in total. The minimum atomic E-state index is -0.645. The molecule has 1 aliphatic rings. The number of rotatable bonds is 8. The lowest BCUT2D eigenvalue weighted by atomic mass is 9.93. The first-order chi connectivity index (χ1) is 17.7. The third kappa shape index (κ3) is 5.58. The number of carbonyl (C=O) groups excluding carboxylic acids is 1. The normalized spacial score (nSPS) is 15.5. The van der Waals surface area contributed by atoms with Gasteiger partial charge in [-0.1, -0.05) is 68.0 Å². The van der Waals surface area contributed by atoms with Gasteiger partial charge in [0.2, 0.25) is 0 Å². The Kier molecular flexibility index (Phi) is 8.35. The van der Waals surface area contributed by atoms with Crippen molar-refractivity contribution in [1.82, 2.24) is 4.57 Å². The second-order valence-corrected chi connectivity index (χ2v) is 10.6. The zero-order valence-corrected chi connectivity index (χ0v) is 23.3. The summed E-state index contributed by atoms with van der Waals surface area (Å²) in [5.74, 6) is 0.544. The largest absolute Gasteiger partial charge is 0.493 e. The Bertz CT molecular complexity index is 1520. The van der Waals surface area contributed by atoms with Crippen molar-refractivity contribution in [2.24, 2.45) is 4.99 Å². The third-order valence-electron chi connectivity index (χ3n) is 6.16. The molecule has 0 saturated carbocycles. The summed E-state index contributed by atoms with van der Waals surface area (Å²) in [5.41, 5.74) is 3.38. The predicted octanol–water partition coefficient (Wildman–Crippen LogP) is 5.36. The van der Waals surface area contributed by atoms with Gasteiger partial charge in [0.25, 0.3) is 5.56 Å². The van der Waals surface area contributed by atoms with Crippen LogP contribution in [0.4, 0.5) is 0 Å². The molecule has 1 unspecified atom stereocenters. The lowest BCUT2D eigenvalue weighted by Crippen LogP contribution is -2.39. The first kappa shape index (κ1) is 26.9. The SMILES string of the molecule is CCCOc1ccc(Cl)cc1C=c1sc2n(c1=O)C(c1ccc(C(C)C)cc1)C(C(=O)OCC)=C(C)N=2. The van der Waals surface area contributed by atoms with Crippen LogP contribution in [0.1, 0.15) is 69.7 Å². The highest BCUT2D eigenvalue weighted by Gasteiger charge is 2.33. The topological polar surface area (TPSA) is 69.9 Å². The molecule has 194 valence electrons. The summed E-state index contributed by atoms with van der Waals surface area (Å²) < 4.78 is 13.3. The highest BCUT2D eigenvalue weighted by atomic mass is 35.5. The summed E-state index contributed by atoms with van der Waals surface area (Å²) in [4.78, 5) is 32.1. The molecule has 0 amide bonds. The van der Waals surface area contributed by atoms with Gasteiger partial charge in [-0.3, -0.25) is 9.36 Å². The summed E-state index contributed by atoms with van der Waals surface area (Å²) in [6.45, 7) is 10.6. The smallest absolute Gasteiger partial charge is 0.338 e. The Labute approximate surface area is 225 Å². The van der Waals surface area contributed by atoms with E-state index >= 15 is 0 Å². The molecular formula is C29H31ClN2O4S. The Morgan fingerprint density at radius 1 is 1.19 bits per heavy atom. The number of ether oxygens (including phenoxy) is 2. The first-order valence-corrected chi connectivity index (χ1v) is 13.7. The van der Waals surface area contributed by atoms with Crippen molar-refractivity contribution in [3.8, 4) is 5.75 Å². The molecule has 0 aliphatic carbocycles. The Balaban J connectivity index is 1.92. The van der Waals surface area contributed by atoms with Crippen molar-refractivity contribution < 1.29 is 14.3 Å². The fourth-order valence-electron chi connectivity index (χ4n) is 4.29. The van der Waals surface area contributed by atoms with Crippen molar-refractivity contribution in [3.63, 3.8) is 0 Å². The van der Waals surface area contributed by atoms with Crippen LogP contribution >= 0.6 is 22.9 Å². The molecule has 0 radical (unpaired) electrons. The van der Waals surface area contributed by atoms with E-state index in [-0.39, 0.29) is 12.2 Å². The monoisotopic (exact) mass is 538 g/mol. The van der Waals surface area contributed by atoms with Crippen molar-refractivity contribution >= 4 is 35.0 Å². The number of fused-ring (bicyclic) bond motifs is 1. The lowest BCUT2D eigenvalue weighted by molar-refractivity contribution is -0.139. The molecule has 0 spiro atoms. The number of hydrogen-bond acceptors (Lipinski definition) is 6. The van der Waals surface area contributed by atoms with Crippen molar-refractivity contribution in [3.05, 3.63) is 95.1 Å². The number of carbonyl (C=O) groups is 1. The maximum Gasteiger partial charge on any atom is 0.338 e. The Morgan fingerprint density at radius 3 is 2.57 bits per heavy atom. The number of halogens is 1. The lowest BCUT2D eigenvalue weighted by Gasteiger charge is -2.25. The molecule has 4 rings (SSSR count). The second-order valence-electron chi connectivity index (χ2n) is 9.15. The molecule has 1 atom stereocenters. The van der Waals surface area contributed by atoms with Gasteiger partial charge in [-0.05, 0) is 61.6 Å². The van der Waals surface area contributed by atoms with Crippen LogP contribution in [0.2, 0.25) is 5.02 Å². The van der Waals surface area contributed by atoms with E-state index in [9.17, 15) is 9.59 Å². The second kappa shape index (κ2) is 11.5. The number of allylic oxidation sites excluding steroid dienone is 1. The minimum absolute atomic E-state index is 0.231. The van der Waals surface area contributed by atoms with Gasteiger partial charge in [-0.15, -0.1) is 0 Å². The third-order valence-corrected chi connectivity index (χ3v) is 7.37. The van der Waals surface area contributed by atoms with E-state index in [1.807, 2.05) is 37.3 Å². The highest BCUT2D eigenvalue weighted by Crippen LogP contribution is 2.31. The van der Waals surface area contributed by atoms with Crippen LogP contribution in [-0.2, 0) is 9.53 Å². The average Bonchev–Trinajstić information content (AvgIpc) is 3.17. The quantitative estimate of drug-likeness (QED) is 0.362. The molecule has 37 heavy (non-hydrogen) atoms. The van der Waals surface area contributed by atoms with E-state index < -0.39 is 12.0 Å². The number of hydrogen-bond donors (Lipinski definition) is 0. The maximum atomic E-state index is 13.9. The summed E-state index contributed by atoms with van der Waals surface area (Å²) in [5, 5.41) is 0.548. The van der Waals surface area contributed by atoms with Crippen LogP contribution in [0.15, 0.2) is 63.5 Å². The molecule has 8 heteroatoms. The van der Waals surface area contributed by atoms with E-state index in [0.29, 0.717) is 49.5 Å². The number of thiazole rings is 1. The maximum absolute atomic E-state index is 13.9. The van der Waals surface area contributed by atoms with Crippen LogP contribution in [0.25, 0.3) is 6.08 Å². The molecular weight excluding hydrogens is 508 g/mol. The van der Waals surface area contributed by atoms with E-state index in [1.165, 1.54) is 16.9 Å². The van der Waals surface area contributed by atoms with Gasteiger partial charge in [0.1, 0.15) is 5.75 Å². The predicted molar refractivity (Wildman–Crippen MR) is 148 cm³/mol. The summed E-state index contributed by atoms with van der Waals surface area (Å²) in [6.07, 6.45) is 2.64. The van der Waals surface area contributed by atoms with E-state index in [2.05, 4.69) is 18.8 Å². The molecule has 2 heterocycles. The number of nitrogens with zero attached hydrogens (tertiary/aromatic N) is 2. The summed E-state index contributed by atoms with van der Waals surface area (Å²) >= 11 is 7.54. The molecule has 3 aromatic rings. The average molecular weight is 539 g/mol. The number of benzene rings is 2. The standard InChI is InChI=1S/C29H31ClN2O4S/c1-6-14-36-23-13-12-22(30)15-21(23)16-24-27(33)32-26(20-10-8-19(9-11-20)17(3)4)25(28(34)35-7-2)18(5)31-29(32)37-24/h8-13,15-17,26H,6-7,14H2,1-5H3. The van der Waals surface area contributed by atoms with Crippen molar-refractivity contribution in [2.75, 3.05) is 13.2 Å². The number of esters is 1.